The lowest BCUT2D eigenvalue weighted by Crippen LogP contribution is -2.47. The second-order valence-electron chi connectivity index (χ2n) is 5.24. The molecule has 0 heterocycles. The molecule has 1 aromatic rings. The Balaban J connectivity index is 2.99. The molecule has 1 rings (SSSR count). The fourth-order valence-corrected chi connectivity index (χ4v) is 2.23. The minimum atomic E-state index is -1.54. The number of rotatable bonds is 10. The maximum atomic E-state index is 12.2. The first-order valence-electron chi connectivity index (χ1n) is 8.53. The average molecular weight is 395 g/mol. The van der Waals surface area contributed by atoms with Crippen molar-refractivity contribution >= 4 is 23.9 Å². The number of esters is 2. The first kappa shape index (κ1) is 22.8. The second kappa shape index (κ2) is 11.5. The van der Waals surface area contributed by atoms with Gasteiger partial charge in [0.15, 0.2) is 11.5 Å². The van der Waals surface area contributed by atoms with Gasteiger partial charge in [0.05, 0.1) is 34.5 Å². The quantitative estimate of drug-likeness (QED) is 0.359. The van der Waals surface area contributed by atoms with Gasteiger partial charge in [0.25, 0.3) is 0 Å². The van der Waals surface area contributed by atoms with Crippen LogP contribution in [0.25, 0.3) is 6.08 Å². The summed E-state index contributed by atoms with van der Waals surface area (Å²) in [6.45, 7) is 3.30. The third kappa shape index (κ3) is 6.19. The number of amides is 1. The van der Waals surface area contributed by atoms with Crippen molar-refractivity contribution in [3.05, 3.63) is 23.8 Å². The highest BCUT2D eigenvalue weighted by molar-refractivity contribution is 6.04. The first-order valence-corrected chi connectivity index (χ1v) is 8.53. The lowest BCUT2D eigenvalue weighted by molar-refractivity contribution is -0.159. The molecular formula is C19H25NO8. The highest BCUT2D eigenvalue weighted by atomic mass is 16.6. The predicted octanol–water partition coefficient (Wildman–Crippen LogP) is 1.34. The van der Waals surface area contributed by atoms with Crippen molar-refractivity contribution in [1.82, 2.24) is 5.32 Å². The van der Waals surface area contributed by atoms with Gasteiger partial charge >= 0.3 is 11.9 Å². The number of methoxy groups -OCH3 is 3. The third-order valence-electron chi connectivity index (χ3n) is 3.45. The first-order chi connectivity index (χ1) is 13.4. The summed E-state index contributed by atoms with van der Waals surface area (Å²) >= 11 is 0. The Morgan fingerprint density at radius 3 is 1.82 bits per heavy atom. The Morgan fingerprint density at radius 2 is 1.43 bits per heavy atom. The van der Waals surface area contributed by atoms with Crippen molar-refractivity contribution in [3.63, 3.8) is 0 Å². The fraction of sp³-hybridized carbons (Fsp3) is 0.421. The van der Waals surface area contributed by atoms with Crippen molar-refractivity contribution in [1.29, 1.82) is 0 Å². The molecule has 0 saturated heterocycles. The highest BCUT2D eigenvalue weighted by Gasteiger charge is 2.30. The van der Waals surface area contributed by atoms with Gasteiger partial charge in [0.2, 0.25) is 17.7 Å². The predicted molar refractivity (Wildman–Crippen MR) is 100 cm³/mol. The van der Waals surface area contributed by atoms with Crippen LogP contribution in [0.4, 0.5) is 0 Å². The summed E-state index contributed by atoms with van der Waals surface area (Å²) in [6, 6.07) is 1.73. The van der Waals surface area contributed by atoms with Gasteiger partial charge in [0.1, 0.15) is 0 Å². The summed E-state index contributed by atoms with van der Waals surface area (Å²) in [7, 11) is 4.43. The Morgan fingerprint density at radius 1 is 0.929 bits per heavy atom. The molecule has 0 aliphatic rings. The standard InChI is InChI=1S/C19H25NO8/c1-6-27-18(22)16(19(23)28-7-2)20-15(21)9-8-12-10-13(24-3)17(26-5)14(11-12)25-4/h8-11,16H,6-7H2,1-5H3,(H,20,21)/b9-8+. The van der Waals surface area contributed by atoms with Gasteiger partial charge < -0.3 is 29.0 Å². The lowest BCUT2D eigenvalue weighted by atomic mass is 10.1. The summed E-state index contributed by atoms with van der Waals surface area (Å²) in [4.78, 5) is 36.0. The van der Waals surface area contributed by atoms with E-state index in [-0.39, 0.29) is 13.2 Å². The van der Waals surface area contributed by atoms with Gasteiger partial charge in [-0.25, -0.2) is 9.59 Å². The van der Waals surface area contributed by atoms with Gasteiger partial charge in [-0.3, -0.25) is 4.79 Å². The van der Waals surface area contributed by atoms with Gasteiger partial charge in [0, 0.05) is 6.08 Å². The molecule has 0 unspecified atom stereocenters. The van der Waals surface area contributed by atoms with Crippen LogP contribution in [0.3, 0.4) is 0 Å². The molecule has 0 aromatic heterocycles. The van der Waals surface area contributed by atoms with Crippen molar-refractivity contribution in [2.45, 2.75) is 19.9 Å². The minimum absolute atomic E-state index is 0.0614. The van der Waals surface area contributed by atoms with Crippen LogP contribution in [0.5, 0.6) is 17.2 Å². The van der Waals surface area contributed by atoms with Crippen molar-refractivity contribution in [3.8, 4) is 17.2 Å². The zero-order chi connectivity index (χ0) is 21.1. The molecule has 0 bridgehead atoms. The molecule has 0 atom stereocenters. The van der Waals surface area contributed by atoms with Gasteiger partial charge in [-0.2, -0.15) is 0 Å². The molecule has 154 valence electrons. The van der Waals surface area contributed by atoms with Crippen molar-refractivity contribution in [2.24, 2.45) is 0 Å². The van der Waals surface area contributed by atoms with Crippen molar-refractivity contribution in [2.75, 3.05) is 34.5 Å². The van der Waals surface area contributed by atoms with E-state index in [1.807, 2.05) is 0 Å². The Labute approximate surface area is 163 Å². The van der Waals surface area contributed by atoms with Crippen LogP contribution in [-0.2, 0) is 23.9 Å². The van der Waals surface area contributed by atoms with Crippen LogP contribution in [0, 0.1) is 0 Å². The lowest BCUT2D eigenvalue weighted by Gasteiger charge is -2.15. The topological polar surface area (TPSA) is 109 Å². The van der Waals surface area contributed by atoms with Gasteiger partial charge in [-0.1, -0.05) is 0 Å². The zero-order valence-corrected chi connectivity index (χ0v) is 16.6. The van der Waals surface area contributed by atoms with E-state index in [0.717, 1.165) is 6.08 Å². The van der Waals surface area contributed by atoms with Gasteiger partial charge in [-0.05, 0) is 37.6 Å². The van der Waals surface area contributed by atoms with Crippen LogP contribution >= 0.6 is 0 Å². The number of ether oxygens (including phenoxy) is 5. The molecule has 0 aliphatic heterocycles. The zero-order valence-electron chi connectivity index (χ0n) is 16.6. The monoisotopic (exact) mass is 395 g/mol. The Kier molecular flexibility index (Phi) is 9.35. The number of nitrogens with one attached hydrogen (secondary N) is 1. The molecule has 9 nitrogen and oxygen atoms in total. The Hall–Kier alpha value is -3.23. The van der Waals surface area contributed by atoms with E-state index in [4.69, 9.17) is 23.7 Å². The maximum absolute atomic E-state index is 12.2. The molecule has 9 heteroatoms. The number of carbonyl (C=O) groups excluding carboxylic acids is 3. The minimum Gasteiger partial charge on any atom is -0.493 e. The van der Waals surface area contributed by atoms with Crippen LogP contribution in [0.2, 0.25) is 0 Å². The van der Waals surface area contributed by atoms with E-state index < -0.39 is 23.9 Å². The molecule has 1 aromatic carbocycles. The molecule has 0 aliphatic carbocycles. The summed E-state index contributed by atoms with van der Waals surface area (Å²) < 4.78 is 25.3. The molecule has 0 radical (unpaired) electrons. The fourth-order valence-electron chi connectivity index (χ4n) is 2.23. The number of carbonyl (C=O) groups is 3. The van der Waals surface area contributed by atoms with E-state index in [1.165, 1.54) is 27.4 Å². The molecule has 0 spiro atoms. The summed E-state index contributed by atoms with van der Waals surface area (Å²) in [5.41, 5.74) is 0.577. The molecular weight excluding hydrogens is 370 g/mol. The molecule has 0 saturated carbocycles. The number of hydrogen-bond acceptors (Lipinski definition) is 8. The third-order valence-corrected chi connectivity index (χ3v) is 3.45. The van der Waals surface area contributed by atoms with E-state index in [2.05, 4.69) is 5.32 Å². The van der Waals surface area contributed by atoms with E-state index in [1.54, 1.807) is 26.0 Å². The van der Waals surface area contributed by atoms with Gasteiger partial charge in [-0.15, -0.1) is 0 Å². The van der Waals surface area contributed by atoms with Crippen LogP contribution < -0.4 is 19.5 Å². The van der Waals surface area contributed by atoms with E-state index >= 15 is 0 Å². The number of benzene rings is 1. The van der Waals surface area contributed by atoms with Crippen molar-refractivity contribution < 1.29 is 38.1 Å². The maximum Gasteiger partial charge on any atom is 0.340 e. The summed E-state index contributed by atoms with van der Waals surface area (Å²) in [5, 5.41) is 2.27. The summed E-state index contributed by atoms with van der Waals surface area (Å²) in [5.74, 6) is -1.22. The normalized spacial score (nSPS) is 10.5. The second-order valence-corrected chi connectivity index (χ2v) is 5.24. The van der Waals surface area contributed by atoms with Crippen LogP contribution in [0.1, 0.15) is 19.4 Å². The molecule has 28 heavy (non-hydrogen) atoms. The Bertz CT molecular complexity index is 686. The van der Waals surface area contributed by atoms with E-state index in [0.29, 0.717) is 22.8 Å². The molecule has 0 fully saturated rings. The van der Waals surface area contributed by atoms with E-state index in [9.17, 15) is 14.4 Å². The molecule has 1 N–H and O–H groups in total. The van der Waals surface area contributed by atoms with Crippen LogP contribution in [0.15, 0.2) is 18.2 Å². The number of hydrogen-bond donors (Lipinski definition) is 1. The average Bonchev–Trinajstić information content (AvgIpc) is 2.69. The summed E-state index contributed by atoms with van der Waals surface area (Å²) in [6.07, 6.45) is 2.62. The SMILES string of the molecule is CCOC(=O)C(NC(=O)/C=C/c1cc(OC)c(OC)c(OC)c1)C(=O)OCC. The highest BCUT2D eigenvalue weighted by Crippen LogP contribution is 2.38. The van der Waals surface area contributed by atoms with Crippen LogP contribution in [-0.4, -0.2) is 58.4 Å². The molecule has 1 amide bonds. The smallest absolute Gasteiger partial charge is 0.340 e. The largest absolute Gasteiger partial charge is 0.493 e.